The first-order chi connectivity index (χ1) is 35.1. The molecule has 1 aromatic carbocycles. The third kappa shape index (κ3) is 14.2. The third-order valence-electron chi connectivity index (χ3n) is 16.7. The van der Waals surface area contributed by atoms with E-state index in [1.807, 2.05) is 75.3 Å². The molecule has 3 aliphatic heterocycles. The standard InChI is InChI=1S/C54H90N6O15/c1-16-41-53(10,66)47(64)33(4)44(62)31(2)26-51(8,69-14)48(75-50-45(63)40(58(11)12)25-32(3)71-50)34(5)46(35(6)49(65)73-41)74-43-27-52(9,70-15)54(67,36(7)72-43)30-59(13)28-37-20-22-38(23-21-37)39-29-60(57-55-39)24-18-17-19-42(61)56-68/h20-23,29,31-36,40-41,43,45-48,50,63-64,66-68H,16-19,24-28,30H2,1-15H3,(H,56,61)/t31-,32+,33+,34-,35-,36-,40-,41-,43-,45+,46+,47+,48-,50-,51-,52+,53-,54-/m0/s1. The van der Waals surface area contributed by atoms with Crippen LogP contribution in [0.4, 0.5) is 0 Å². The van der Waals surface area contributed by atoms with Crippen LogP contribution in [-0.4, -0.2) is 194 Å². The Hall–Kier alpha value is -3.55. The summed E-state index contributed by atoms with van der Waals surface area (Å²) in [4.78, 5) is 44.1. The predicted octanol–water partition coefficient (Wildman–Crippen LogP) is 3.88. The first kappa shape index (κ1) is 62.3. The van der Waals surface area contributed by atoms with Crippen molar-refractivity contribution in [1.82, 2.24) is 30.3 Å². The fraction of sp³-hybridized carbons (Fsp3) is 0.796. The Balaban J connectivity index is 1.43. The molecule has 1 aromatic heterocycles. The topological polar surface area (TPSA) is 266 Å². The second kappa shape index (κ2) is 25.9. The molecule has 5 rings (SSSR count). The minimum Gasteiger partial charge on any atom is -0.459 e. The van der Waals surface area contributed by atoms with Crippen LogP contribution in [0.25, 0.3) is 11.3 Å². The van der Waals surface area contributed by atoms with Crippen molar-refractivity contribution in [2.24, 2.45) is 23.7 Å². The molecule has 0 radical (unpaired) electrons. The summed E-state index contributed by atoms with van der Waals surface area (Å²) in [5, 5.41) is 65.4. The van der Waals surface area contributed by atoms with Gasteiger partial charge in [0.1, 0.15) is 40.5 Å². The van der Waals surface area contributed by atoms with Crippen molar-refractivity contribution in [3.63, 3.8) is 0 Å². The lowest BCUT2D eigenvalue weighted by Gasteiger charge is -2.54. The monoisotopic (exact) mass is 1060 g/mol. The van der Waals surface area contributed by atoms with Gasteiger partial charge >= 0.3 is 5.97 Å². The number of unbranched alkanes of at least 4 members (excludes halogenated alkanes) is 1. The van der Waals surface area contributed by atoms with Crippen molar-refractivity contribution in [3.05, 3.63) is 36.0 Å². The summed E-state index contributed by atoms with van der Waals surface area (Å²) < 4.78 is 47.4. The number of benzene rings is 1. The smallest absolute Gasteiger partial charge is 0.311 e. The highest BCUT2D eigenvalue weighted by Gasteiger charge is 2.59. The number of hydroxylamine groups is 1. The maximum Gasteiger partial charge on any atom is 0.311 e. The number of aliphatic hydroxyl groups excluding tert-OH is 2. The van der Waals surface area contributed by atoms with Crippen LogP contribution in [0.5, 0.6) is 0 Å². The molecule has 2 aromatic rings. The van der Waals surface area contributed by atoms with Crippen molar-refractivity contribution in [2.45, 2.75) is 211 Å². The van der Waals surface area contributed by atoms with Gasteiger partial charge in [0, 0.05) is 76.1 Å². The lowest BCUT2D eigenvalue weighted by molar-refractivity contribution is -0.339. The Morgan fingerprint density at radius 3 is 2.19 bits per heavy atom. The SMILES string of the molecule is CC[C@@H]1OC(=O)[C@@H](C)[C@H](O[C@H]2C[C@@](C)(OC)[C@](O)(CN(C)Cc3ccc(-c4cn(CCCCC(=O)NO)nn4)cc3)[C@H](C)O2)[C@H](C)[C@H](O[C@@H]2O[C@H](C)C[C@H](N(C)C)[C@H]2O)[C@@](C)(OC)C[C@H](C)C(=O)[C@@H](C)[C@@H](O)[C@@]1(C)O. The molecule has 0 spiro atoms. The number of likely N-dealkylation sites (N-methyl/N-ethyl adjacent to an activating group) is 2. The zero-order chi connectivity index (χ0) is 56.0. The van der Waals surface area contributed by atoms with Gasteiger partial charge < -0.3 is 58.5 Å². The number of Topliss-reactive ketones (excluding diaryl/α,β-unsaturated/α-hetero) is 1. The van der Waals surface area contributed by atoms with Crippen LogP contribution in [0.15, 0.2) is 30.5 Å². The van der Waals surface area contributed by atoms with Gasteiger partial charge in [0.2, 0.25) is 5.91 Å². The van der Waals surface area contributed by atoms with E-state index in [0.29, 0.717) is 38.0 Å². The number of cyclic esters (lactones) is 1. The zero-order valence-corrected chi connectivity index (χ0v) is 47.1. The minimum absolute atomic E-state index is 0.0119. The van der Waals surface area contributed by atoms with Gasteiger partial charge in [-0.3, -0.25) is 29.2 Å². The van der Waals surface area contributed by atoms with Gasteiger partial charge in [0.15, 0.2) is 12.6 Å². The molecular weight excluding hydrogens is 973 g/mol. The number of aryl methyl sites for hydroxylation is 1. The first-order valence-electron chi connectivity index (χ1n) is 26.6. The summed E-state index contributed by atoms with van der Waals surface area (Å²) in [7, 11) is 8.67. The van der Waals surface area contributed by atoms with E-state index < -0.39 is 107 Å². The highest BCUT2D eigenvalue weighted by Crippen LogP contribution is 2.45. The van der Waals surface area contributed by atoms with Crippen molar-refractivity contribution >= 4 is 17.7 Å². The number of carbonyl (C=O) groups excluding carboxylic acids is 3. The van der Waals surface area contributed by atoms with E-state index in [9.17, 15) is 34.8 Å². The van der Waals surface area contributed by atoms with Gasteiger partial charge in [-0.15, -0.1) is 5.10 Å². The van der Waals surface area contributed by atoms with E-state index in [1.165, 1.54) is 21.1 Å². The number of carbonyl (C=O) groups is 3. The number of hydrogen-bond donors (Lipinski definition) is 6. The van der Waals surface area contributed by atoms with Crippen LogP contribution in [-0.2, 0) is 60.6 Å². The van der Waals surface area contributed by atoms with Crippen molar-refractivity contribution in [1.29, 1.82) is 0 Å². The fourth-order valence-electron chi connectivity index (χ4n) is 11.7. The van der Waals surface area contributed by atoms with Gasteiger partial charge in [0.25, 0.3) is 0 Å². The summed E-state index contributed by atoms with van der Waals surface area (Å²) in [6.45, 7) is 18.3. The van der Waals surface area contributed by atoms with E-state index in [0.717, 1.165) is 11.1 Å². The van der Waals surface area contributed by atoms with Crippen LogP contribution in [0.3, 0.4) is 0 Å². The fourth-order valence-corrected chi connectivity index (χ4v) is 11.7. The van der Waals surface area contributed by atoms with Crippen molar-refractivity contribution in [2.75, 3.05) is 41.9 Å². The predicted molar refractivity (Wildman–Crippen MR) is 276 cm³/mol. The molecule has 0 aliphatic carbocycles. The van der Waals surface area contributed by atoms with Crippen molar-refractivity contribution in [3.8, 4) is 11.3 Å². The summed E-state index contributed by atoms with van der Waals surface area (Å²) in [6.07, 6.45) is -5.42. The molecule has 0 saturated carbocycles. The molecule has 1 amide bonds. The molecule has 18 atom stereocenters. The maximum atomic E-state index is 14.6. The average molecular weight is 1060 g/mol. The van der Waals surface area contributed by atoms with Crippen LogP contribution in [0.1, 0.15) is 120 Å². The average Bonchev–Trinajstić information content (AvgIpc) is 3.85. The Morgan fingerprint density at radius 2 is 1.59 bits per heavy atom. The number of esters is 1. The number of rotatable bonds is 18. The summed E-state index contributed by atoms with van der Waals surface area (Å²) in [5.41, 5.74) is -2.03. The van der Waals surface area contributed by atoms with E-state index >= 15 is 0 Å². The molecule has 426 valence electrons. The Kier molecular flexibility index (Phi) is 21.5. The molecule has 75 heavy (non-hydrogen) atoms. The highest BCUT2D eigenvalue weighted by molar-refractivity contribution is 5.83. The van der Waals surface area contributed by atoms with Gasteiger partial charge in [-0.2, -0.15) is 0 Å². The van der Waals surface area contributed by atoms with Gasteiger partial charge in [-0.1, -0.05) is 57.2 Å². The Morgan fingerprint density at radius 1 is 0.920 bits per heavy atom. The minimum atomic E-state index is -2.02. The van der Waals surface area contributed by atoms with Gasteiger partial charge in [-0.05, 0) is 100 Å². The second-order valence-electron chi connectivity index (χ2n) is 22.7. The van der Waals surface area contributed by atoms with Crippen molar-refractivity contribution < 1.29 is 73.2 Å². The summed E-state index contributed by atoms with van der Waals surface area (Å²) in [6, 6.07) is 7.56. The largest absolute Gasteiger partial charge is 0.459 e. The van der Waals surface area contributed by atoms with Crippen LogP contribution < -0.4 is 5.48 Å². The number of aliphatic hydroxyl groups is 4. The number of methoxy groups -OCH3 is 2. The molecule has 3 aliphatic rings. The number of nitrogens with one attached hydrogen (secondary N) is 1. The lowest BCUT2D eigenvalue weighted by atomic mass is 9.73. The molecule has 0 unspecified atom stereocenters. The second-order valence-corrected chi connectivity index (χ2v) is 22.7. The number of nitrogens with zero attached hydrogens (tertiary/aromatic N) is 5. The molecule has 3 saturated heterocycles. The quantitative estimate of drug-likeness (QED) is 0.0535. The lowest BCUT2D eigenvalue weighted by Crippen LogP contribution is -2.70. The van der Waals surface area contributed by atoms with E-state index in [4.69, 9.17) is 38.4 Å². The molecular formula is C54H90N6O15. The number of hydrogen-bond acceptors (Lipinski definition) is 19. The van der Waals surface area contributed by atoms with Crippen LogP contribution in [0, 0.1) is 23.7 Å². The molecule has 6 N–H and O–H groups in total. The normalized spacial score (nSPS) is 38.6. The molecule has 4 heterocycles. The zero-order valence-electron chi connectivity index (χ0n) is 47.1. The van der Waals surface area contributed by atoms with Gasteiger partial charge in [0.05, 0.1) is 48.2 Å². The number of aromatic nitrogens is 3. The van der Waals surface area contributed by atoms with Crippen LogP contribution in [0.2, 0.25) is 0 Å². The first-order valence-corrected chi connectivity index (χ1v) is 26.6. The highest BCUT2D eigenvalue weighted by atomic mass is 16.7. The summed E-state index contributed by atoms with van der Waals surface area (Å²) in [5.74, 6) is -5.21. The molecule has 21 heteroatoms. The number of amides is 1. The molecule has 21 nitrogen and oxygen atoms in total. The number of ketones is 1. The Bertz CT molecular complexity index is 2170. The van der Waals surface area contributed by atoms with E-state index in [-0.39, 0.29) is 50.2 Å². The molecule has 3 fully saturated rings. The third-order valence-corrected chi connectivity index (χ3v) is 16.7. The summed E-state index contributed by atoms with van der Waals surface area (Å²) >= 11 is 0. The maximum absolute atomic E-state index is 14.6. The van der Waals surface area contributed by atoms with E-state index in [1.54, 1.807) is 58.6 Å². The number of ether oxygens (including phenoxy) is 7. The van der Waals surface area contributed by atoms with Gasteiger partial charge in [-0.25, -0.2) is 5.48 Å². The van der Waals surface area contributed by atoms with E-state index in [2.05, 4.69) is 10.3 Å². The molecule has 0 bridgehead atoms. The Labute approximate surface area is 443 Å². The van der Waals surface area contributed by atoms with Crippen LogP contribution >= 0.6 is 0 Å².